The van der Waals surface area contributed by atoms with Crippen molar-refractivity contribution in [2.75, 3.05) is 25.0 Å². The fourth-order valence-corrected chi connectivity index (χ4v) is 3.36. The zero-order valence-electron chi connectivity index (χ0n) is 14.9. The summed E-state index contributed by atoms with van der Waals surface area (Å²) in [6.45, 7) is 3.15. The molecule has 1 fully saturated rings. The Morgan fingerprint density at radius 1 is 0.923 bits per heavy atom. The number of rotatable bonds is 5. The highest BCUT2D eigenvalue weighted by atomic mass is 15.0. The number of nitrogens with zero attached hydrogens (tertiary/aromatic N) is 2. The van der Waals surface area contributed by atoms with Crippen molar-refractivity contribution in [1.29, 1.82) is 0 Å². The summed E-state index contributed by atoms with van der Waals surface area (Å²) in [6, 6.07) is 22.5. The molecule has 1 aromatic heterocycles. The largest absolute Gasteiger partial charge is 0.370 e. The molecule has 0 bridgehead atoms. The molecule has 1 atom stereocenters. The molecular weight excluding hydrogens is 320 g/mol. The molecule has 2 heterocycles. The lowest BCUT2D eigenvalue weighted by molar-refractivity contribution is 0.392. The minimum atomic E-state index is 0.652. The molecule has 0 aliphatic carbocycles. The number of hydrogen-bond donors (Lipinski definition) is 2. The second kappa shape index (κ2) is 8.11. The molecule has 1 saturated heterocycles. The zero-order valence-corrected chi connectivity index (χ0v) is 14.9. The smallest absolute Gasteiger partial charge is 0.162 e. The third kappa shape index (κ3) is 4.09. The van der Waals surface area contributed by atoms with Crippen molar-refractivity contribution in [3.8, 4) is 22.6 Å². The van der Waals surface area contributed by atoms with E-state index in [0.29, 0.717) is 5.92 Å². The lowest BCUT2D eigenvalue weighted by atomic mass is 10.00. The Kier molecular flexibility index (Phi) is 5.22. The molecule has 1 aliphatic rings. The second-order valence-corrected chi connectivity index (χ2v) is 6.79. The Hall–Kier alpha value is -2.72. The first-order valence-corrected chi connectivity index (χ1v) is 9.33. The van der Waals surface area contributed by atoms with Crippen molar-refractivity contribution in [2.24, 2.45) is 5.92 Å². The molecule has 0 spiro atoms. The molecule has 4 nitrogen and oxygen atoms in total. The van der Waals surface area contributed by atoms with Gasteiger partial charge in [-0.15, -0.1) is 0 Å². The highest BCUT2D eigenvalue weighted by Gasteiger charge is 2.14. The van der Waals surface area contributed by atoms with E-state index in [2.05, 4.69) is 41.0 Å². The maximum absolute atomic E-state index is 4.81. The minimum Gasteiger partial charge on any atom is -0.370 e. The van der Waals surface area contributed by atoms with Crippen LogP contribution in [-0.2, 0) is 0 Å². The summed E-state index contributed by atoms with van der Waals surface area (Å²) in [7, 11) is 0. The molecule has 132 valence electrons. The number of anilines is 1. The summed E-state index contributed by atoms with van der Waals surface area (Å²) in [5.74, 6) is 2.30. The molecule has 4 heteroatoms. The van der Waals surface area contributed by atoms with E-state index >= 15 is 0 Å². The second-order valence-electron chi connectivity index (χ2n) is 6.79. The van der Waals surface area contributed by atoms with Crippen LogP contribution in [0.1, 0.15) is 12.8 Å². The maximum Gasteiger partial charge on any atom is 0.162 e. The summed E-state index contributed by atoms with van der Waals surface area (Å²) in [4.78, 5) is 9.58. The molecule has 0 radical (unpaired) electrons. The van der Waals surface area contributed by atoms with Crippen LogP contribution < -0.4 is 10.6 Å². The number of hydrogen-bond acceptors (Lipinski definition) is 4. The van der Waals surface area contributed by atoms with E-state index in [-0.39, 0.29) is 0 Å². The predicted molar refractivity (Wildman–Crippen MR) is 107 cm³/mol. The number of nitrogens with one attached hydrogen (secondary N) is 2. The first kappa shape index (κ1) is 16.7. The van der Waals surface area contributed by atoms with E-state index in [9.17, 15) is 0 Å². The summed E-state index contributed by atoms with van der Waals surface area (Å²) in [5.41, 5.74) is 3.09. The van der Waals surface area contributed by atoms with Gasteiger partial charge < -0.3 is 10.6 Å². The Labute approximate surface area is 154 Å². The normalized spacial score (nSPS) is 17.0. The molecule has 4 rings (SSSR count). The van der Waals surface area contributed by atoms with Gasteiger partial charge in [-0.1, -0.05) is 60.7 Å². The van der Waals surface area contributed by atoms with E-state index in [1.807, 2.05) is 36.4 Å². The molecule has 1 unspecified atom stereocenters. The van der Waals surface area contributed by atoms with Crippen molar-refractivity contribution in [3.05, 3.63) is 66.7 Å². The van der Waals surface area contributed by atoms with Crippen LogP contribution in [0.3, 0.4) is 0 Å². The standard InChI is InChI=1S/C22H24N4/c1-3-9-18(10-4-1)20-14-21(24-16-17-8-7-13-23-15-17)26-22(25-20)19-11-5-2-6-12-19/h1-6,9-12,14,17,23H,7-8,13,15-16H2,(H,24,25,26). The van der Waals surface area contributed by atoms with Crippen molar-refractivity contribution in [3.63, 3.8) is 0 Å². The minimum absolute atomic E-state index is 0.652. The number of benzene rings is 2. The highest BCUT2D eigenvalue weighted by molar-refractivity contribution is 5.67. The molecule has 0 saturated carbocycles. The van der Waals surface area contributed by atoms with Gasteiger partial charge in [0.2, 0.25) is 0 Å². The summed E-state index contributed by atoms with van der Waals surface area (Å²) in [5, 5.41) is 7.02. The zero-order chi connectivity index (χ0) is 17.6. The van der Waals surface area contributed by atoms with Crippen LogP contribution in [0.4, 0.5) is 5.82 Å². The van der Waals surface area contributed by atoms with Crippen LogP contribution in [0.5, 0.6) is 0 Å². The van der Waals surface area contributed by atoms with Gasteiger partial charge in [0.15, 0.2) is 5.82 Å². The van der Waals surface area contributed by atoms with Crippen molar-refractivity contribution in [2.45, 2.75) is 12.8 Å². The summed E-state index contributed by atoms with van der Waals surface area (Å²) in [6.07, 6.45) is 2.52. The van der Waals surface area contributed by atoms with Gasteiger partial charge in [-0.05, 0) is 31.8 Å². The van der Waals surface area contributed by atoms with Crippen LogP contribution in [0, 0.1) is 5.92 Å². The fourth-order valence-electron chi connectivity index (χ4n) is 3.36. The third-order valence-corrected chi connectivity index (χ3v) is 4.80. The number of aromatic nitrogens is 2. The molecule has 26 heavy (non-hydrogen) atoms. The lowest BCUT2D eigenvalue weighted by Crippen LogP contribution is -2.33. The SMILES string of the molecule is c1ccc(-c2cc(NCC3CCCNC3)nc(-c3ccccc3)n2)cc1. The van der Waals surface area contributed by atoms with E-state index in [0.717, 1.165) is 48.1 Å². The van der Waals surface area contributed by atoms with E-state index in [1.54, 1.807) is 0 Å². The van der Waals surface area contributed by atoms with Crippen molar-refractivity contribution in [1.82, 2.24) is 15.3 Å². The van der Waals surface area contributed by atoms with Gasteiger partial charge in [-0.3, -0.25) is 0 Å². The van der Waals surface area contributed by atoms with E-state index in [1.165, 1.54) is 12.8 Å². The Morgan fingerprint density at radius 2 is 1.65 bits per heavy atom. The molecule has 2 N–H and O–H groups in total. The van der Waals surface area contributed by atoms with Crippen molar-refractivity contribution >= 4 is 5.82 Å². The third-order valence-electron chi connectivity index (χ3n) is 4.80. The van der Waals surface area contributed by atoms with Gasteiger partial charge >= 0.3 is 0 Å². The average molecular weight is 344 g/mol. The summed E-state index contributed by atoms with van der Waals surface area (Å²) < 4.78 is 0. The fraction of sp³-hybridized carbons (Fsp3) is 0.273. The lowest BCUT2D eigenvalue weighted by Gasteiger charge is -2.23. The topological polar surface area (TPSA) is 49.8 Å². The van der Waals surface area contributed by atoms with Crippen LogP contribution in [0.15, 0.2) is 66.7 Å². The van der Waals surface area contributed by atoms with Gasteiger partial charge in [0, 0.05) is 23.7 Å². The van der Waals surface area contributed by atoms with Crippen LogP contribution in [0.25, 0.3) is 22.6 Å². The molecule has 3 aromatic rings. The Balaban J connectivity index is 1.64. The molecule has 1 aliphatic heterocycles. The molecule has 2 aromatic carbocycles. The van der Waals surface area contributed by atoms with Gasteiger partial charge in [-0.25, -0.2) is 9.97 Å². The maximum atomic E-state index is 4.81. The summed E-state index contributed by atoms with van der Waals surface area (Å²) >= 11 is 0. The predicted octanol–water partition coefficient (Wildman–Crippen LogP) is 4.22. The Bertz CT molecular complexity index is 770. The molecular formula is C22H24N4. The first-order valence-electron chi connectivity index (χ1n) is 9.33. The monoisotopic (exact) mass is 344 g/mol. The Morgan fingerprint density at radius 3 is 2.35 bits per heavy atom. The molecule has 0 amide bonds. The quantitative estimate of drug-likeness (QED) is 0.727. The number of piperidine rings is 1. The van der Waals surface area contributed by atoms with Crippen LogP contribution in [-0.4, -0.2) is 29.6 Å². The average Bonchev–Trinajstić information content (AvgIpc) is 2.74. The van der Waals surface area contributed by atoms with Gasteiger partial charge in [0.05, 0.1) is 5.69 Å². The van der Waals surface area contributed by atoms with Crippen LogP contribution >= 0.6 is 0 Å². The van der Waals surface area contributed by atoms with Gasteiger partial charge in [0.25, 0.3) is 0 Å². The van der Waals surface area contributed by atoms with Gasteiger partial charge in [-0.2, -0.15) is 0 Å². The van der Waals surface area contributed by atoms with Crippen molar-refractivity contribution < 1.29 is 0 Å². The first-order chi connectivity index (χ1) is 12.9. The highest BCUT2D eigenvalue weighted by Crippen LogP contribution is 2.24. The van der Waals surface area contributed by atoms with E-state index < -0.39 is 0 Å². The van der Waals surface area contributed by atoms with E-state index in [4.69, 9.17) is 9.97 Å². The van der Waals surface area contributed by atoms with Crippen LogP contribution in [0.2, 0.25) is 0 Å². The van der Waals surface area contributed by atoms with Gasteiger partial charge in [0.1, 0.15) is 5.82 Å².